The number of benzene rings is 1. The van der Waals surface area contributed by atoms with Gasteiger partial charge >= 0.3 is 5.97 Å². The van der Waals surface area contributed by atoms with E-state index in [1.807, 2.05) is 19.9 Å². The van der Waals surface area contributed by atoms with Crippen molar-refractivity contribution in [1.29, 1.82) is 0 Å². The van der Waals surface area contributed by atoms with Crippen molar-refractivity contribution < 1.29 is 19.4 Å². The molecule has 2 N–H and O–H groups in total. The van der Waals surface area contributed by atoms with Crippen LogP contribution in [-0.4, -0.2) is 45.0 Å². The maximum absolute atomic E-state index is 12.1. The minimum atomic E-state index is -1.04. The Balaban J connectivity index is 1.85. The number of thioether (sulfide) groups is 1. The standard InChI is InChI=1S/C18H20N4O4S/c1-11-8-12(2)21-18(20-11)27-13(3)17(25)22-19-9-14-4-6-15(7-5-14)26-10-16(23)24/h4-9,13H,10H2,1-3H3,(H,22,25)(H,23,24). The van der Waals surface area contributed by atoms with Gasteiger partial charge < -0.3 is 9.84 Å². The van der Waals surface area contributed by atoms with Gasteiger partial charge in [0.1, 0.15) is 5.75 Å². The first-order valence-corrected chi connectivity index (χ1v) is 8.98. The van der Waals surface area contributed by atoms with Gasteiger partial charge in [0.05, 0.1) is 11.5 Å². The van der Waals surface area contributed by atoms with Gasteiger partial charge in [-0.2, -0.15) is 5.10 Å². The summed E-state index contributed by atoms with van der Waals surface area (Å²) in [6, 6.07) is 8.53. The van der Waals surface area contributed by atoms with Crippen LogP contribution in [0.3, 0.4) is 0 Å². The molecule has 8 nitrogen and oxygen atoms in total. The third-order valence-corrected chi connectivity index (χ3v) is 4.20. The highest BCUT2D eigenvalue weighted by Gasteiger charge is 2.15. The molecule has 142 valence electrons. The lowest BCUT2D eigenvalue weighted by Crippen LogP contribution is -2.27. The Labute approximate surface area is 161 Å². The lowest BCUT2D eigenvalue weighted by Gasteiger charge is -2.09. The smallest absolute Gasteiger partial charge is 0.341 e. The number of carboxylic acid groups (broad SMARTS) is 1. The van der Waals surface area contributed by atoms with E-state index in [0.29, 0.717) is 10.9 Å². The maximum Gasteiger partial charge on any atom is 0.341 e. The average molecular weight is 388 g/mol. The summed E-state index contributed by atoms with van der Waals surface area (Å²) in [4.78, 5) is 31.2. The zero-order valence-corrected chi connectivity index (χ0v) is 16.0. The summed E-state index contributed by atoms with van der Waals surface area (Å²) in [6.45, 7) is 5.12. The van der Waals surface area contributed by atoms with Crippen molar-refractivity contribution in [3.8, 4) is 5.75 Å². The Kier molecular flexibility index (Phi) is 7.30. The summed E-state index contributed by atoms with van der Waals surface area (Å²) < 4.78 is 5.04. The number of nitrogens with one attached hydrogen (secondary N) is 1. The second-order valence-electron chi connectivity index (χ2n) is 5.68. The summed E-state index contributed by atoms with van der Waals surface area (Å²) in [5, 5.41) is 12.6. The molecular formula is C18H20N4O4S. The lowest BCUT2D eigenvalue weighted by molar-refractivity contribution is -0.139. The van der Waals surface area contributed by atoms with Gasteiger partial charge in [0.25, 0.3) is 5.91 Å². The number of hydrogen-bond acceptors (Lipinski definition) is 7. The van der Waals surface area contributed by atoms with Crippen molar-refractivity contribution in [3.63, 3.8) is 0 Å². The fraction of sp³-hybridized carbons (Fsp3) is 0.278. The molecule has 0 spiro atoms. The molecular weight excluding hydrogens is 368 g/mol. The molecule has 1 heterocycles. The van der Waals surface area contributed by atoms with Crippen LogP contribution in [0.4, 0.5) is 0 Å². The van der Waals surface area contributed by atoms with Crippen LogP contribution in [-0.2, 0) is 9.59 Å². The van der Waals surface area contributed by atoms with Gasteiger partial charge in [0.2, 0.25) is 0 Å². The number of hydrogen-bond donors (Lipinski definition) is 2. The fourth-order valence-electron chi connectivity index (χ4n) is 2.01. The predicted molar refractivity (Wildman–Crippen MR) is 102 cm³/mol. The van der Waals surface area contributed by atoms with E-state index < -0.39 is 17.8 Å². The number of nitrogens with zero attached hydrogens (tertiary/aromatic N) is 3. The van der Waals surface area contributed by atoms with Crippen LogP contribution in [0.1, 0.15) is 23.9 Å². The van der Waals surface area contributed by atoms with E-state index in [4.69, 9.17) is 9.84 Å². The molecule has 1 unspecified atom stereocenters. The Bertz CT molecular complexity index is 820. The summed E-state index contributed by atoms with van der Waals surface area (Å²) in [5.41, 5.74) is 4.92. The highest BCUT2D eigenvalue weighted by molar-refractivity contribution is 8.00. The van der Waals surface area contributed by atoms with E-state index in [0.717, 1.165) is 17.0 Å². The normalized spacial score (nSPS) is 12.0. The van der Waals surface area contributed by atoms with E-state index in [1.54, 1.807) is 31.2 Å². The van der Waals surface area contributed by atoms with Crippen molar-refractivity contribution in [2.75, 3.05) is 6.61 Å². The highest BCUT2D eigenvalue weighted by atomic mass is 32.2. The van der Waals surface area contributed by atoms with Crippen molar-refractivity contribution in [2.24, 2.45) is 5.10 Å². The number of aliphatic carboxylic acids is 1. The number of carbonyl (C=O) groups is 2. The van der Waals surface area contributed by atoms with Gasteiger partial charge in [0, 0.05) is 11.4 Å². The van der Waals surface area contributed by atoms with E-state index in [9.17, 15) is 9.59 Å². The van der Waals surface area contributed by atoms with Crippen LogP contribution >= 0.6 is 11.8 Å². The highest BCUT2D eigenvalue weighted by Crippen LogP contribution is 2.20. The topological polar surface area (TPSA) is 114 Å². The van der Waals surface area contributed by atoms with Gasteiger partial charge in [-0.25, -0.2) is 20.2 Å². The molecule has 0 fully saturated rings. The molecule has 0 bridgehead atoms. The van der Waals surface area contributed by atoms with Crippen LogP contribution in [0.2, 0.25) is 0 Å². The zero-order valence-electron chi connectivity index (χ0n) is 15.2. The first-order valence-electron chi connectivity index (χ1n) is 8.10. The number of hydrazone groups is 1. The summed E-state index contributed by atoms with van der Waals surface area (Å²) in [5.74, 6) is -0.862. The molecule has 0 aliphatic rings. The molecule has 0 saturated carbocycles. The van der Waals surface area contributed by atoms with E-state index in [-0.39, 0.29) is 5.91 Å². The molecule has 27 heavy (non-hydrogen) atoms. The molecule has 1 amide bonds. The van der Waals surface area contributed by atoms with Crippen molar-refractivity contribution >= 4 is 29.9 Å². The summed E-state index contributed by atoms with van der Waals surface area (Å²) in [6.07, 6.45) is 1.49. The predicted octanol–water partition coefficient (Wildman–Crippen LogP) is 2.19. The lowest BCUT2D eigenvalue weighted by atomic mass is 10.2. The average Bonchev–Trinajstić information content (AvgIpc) is 2.60. The number of amides is 1. The van der Waals surface area contributed by atoms with Gasteiger partial charge in [-0.05, 0) is 56.7 Å². The molecule has 2 rings (SSSR count). The Hall–Kier alpha value is -2.94. The molecule has 1 aromatic heterocycles. The number of rotatable bonds is 8. The number of aryl methyl sites for hydroxylation is 2. The summed E-state index contributed by atoms with van der Waals surface area (Å²) in [7, 11) is 0. The van der Waals surface area contributed by atoms with Crippen molar-refractivity contribution in [2.45, 2.75) is 31.2 Å². The third-order valence-electron chi connectivity index (χ3n) is 3.24. The number of aromatic nitrogens is 2. The van der Waals surface area contributed by atoms with Crippen LogP contribution in [0.15, 0.2) is 40.6 Å². The number of ether oxygens (including phenoxy) is 1. The second-order valence-corrected chi connectivity index (χ2v) is 6.99. The third kappa shape index (κ3) is 7.06. The van der Waals surface area contributed by atoms with Gasteiger partial charge in [-0.1, -0.05) is 11.8 Å². The number of carbonyl (C=O) groups excluding carboxylic acids is 1. The van der Waals surface area contributed by atoms with E-state index >= 15 is 0 Å². The zero-order chi connectivity index (χ0) is 19.8. The molecule has 0 saturated heterocycles. The second kappa shape index (κ2) is 9.67. The largest absolute Gasteiger partial charge is 0.482 e. The Morgan fingerprint density at radius 3 is 2.48 bits per heavy atom. The van der Waals surface area contributed by atoms with E-state index in [2.05, 4.69) is 20.5 Å². The quantitative estimate of drug-likeness (QED) is 0.308. The molecule has 0 aliphatic heterocycles. The van der Waals surface area contributed by atoms with Crippen LogP contribution in [0, 0.1) is 13.8 Å². The van der Waals surface area contributed by atoms with Crippen LogP contribution in [0.25, 0.3) is 0 Å². The van der Waals surface area contributed by atoms with Crippen LogP contribution < -0.4 is 10.2 Å². The maximum atomic E-state index is 12.1. The Morgan fingerprint density at radius 2 is 1.89 bits per heavy atom. The fourth-order valence-corrected chi connectivity index (χ4v) is 2.88. The van der Waals surface area contributed by atoms with Crippen molar-refractivity contribution in [1.82, 2.24) is 15.4 Å². The monoisotopic (exact) mass is 388 g/mol. The molecule has 1 aromatic carbocycles. The molecule has 0 radical (unpaired) electrons. The molecule has 2 aromatic rings. The summed E-state index contributed by atoms with van der Waals surface area (Å²) >= 11 is 1.26. The Morgan fingerprint density at radius 1 is 1.26 bits per heavy atom. The van der Waals surface area contributed by atoms with Crippen molar-refractivity contribution in [3.05, 3.63) is 47.3 Å². The first kappa shape index (κ1) is 20.4. The van der Waals surface area contributed by atoms with Gasteiger partial charge in [-0.15, -0.1) is 0 Å². The number of carboxylic acids is 1. The molecule has 1 atom stereocenters. The first-order chi connectivity index (χ1) is 12.8. The van der Waals surface area contributed by atoms with E-state index in [1.165, 1.54) is 18.0 Å². The van der Waals surface area contributed by atoms with Gasteiger partial charge in [-0.3, -0.25) is 4.79 Å². The minimum absolute atomic E-state index is 0.263. The van der Waals surface area contributed by atoms with Crippen LogP contribution in [0.5, 0.6) is 5.75 Å². The SMILES string of the molecule is Cc1cc(C)nc(SC(C)C(=O)NN=Cc2ccc(OCC(=O)O)cc2)n1. The minimum Gasteiger partial charge on any atom is -0.482 e. The molecule has 9 heteroatoms. The van der Waals surface area contributed by atoms with Gasteiger partial charge in [0.15, 0.2) is 11.8 Å². The molecule has 0 aliphatic carbocycles.